The van der Waals surface area contributed by atoms with E-state index in [1.54, 1.807) is 0 Å². The van der Waals surface area contributed by atoms with E-state index in [0.717, 1.165) is 0 Å². The summed E-state index contributed by atoms with van der Waals surface area (Å²) in [5.41, 5.74) is 6.25. The van der Waals surface area contributed by atoms with E-state index >= 15 is 0 Å². The van der Waals surface area contributed by atoms with Gasteiger partial charge < -0.3 is 0 Å². The molecule has 0 aliphatic rings. The van der Waals surface area contributed by atoms with E-state index in [0.29, 0.717) is 0 Å². The van der Waals surface area contributed by atoms with Crippen molar-refractivity contribution in [3.05, 3.63) is 107 Å². The third kappa shape index (κ3) is 3.29. The first-order valence-corrected chi connectivity index (χ1v) is 7.22. The predicted molar refractivity (Wildman–Crippen MR) is 91.0 cm³/mol. The van der Waals surface area contributed by atoms with Gasteiger partial charge in [-0.15, -0.1) is 0 Å². The van der Waals surface area contributed by atoms with Crippen molar-refractivity contribution in [2.45, 2.75) is 6.92 Å². The molecule has 3 aromatic rings. The molecule has 0 saturated heterocycles. The van der Waals surface area contributed by atoms with Crippen LogP contribution in [-0.2, 0) is 0 Å². The Morgan fingerprint density at radius 3 is 1.95 bits per heavy atom. The van der Waals surface area contributed by atoms with Crippen LogP contribution in [0.15, 0.2) is 84.9 Å². The summed E-state index contributed by atoms with van der Waals surface area (Å²) in [6.07, 6.45) is 2.25. The number of hydrogen-bond donors (Lipinski definition) is 0. The topological polar surface area (TPSA) is 0 Å². The summed E-state index contributed by atoms with van der Waals surface area (Å²) in [6.45, 7) is 2.13. The van der Waals surface area contributed by atoms with E-state index in [1.807, 2.05) is 6.07 Å². The first kappa shape index (κ1) is 13.4. The third-order valence-electron chi connectivity index (χ3n) is 3.52. The summed E-state index contributed by atoms with van der Waals surface area (Å²) in [6, 6.07) is 29.7. The maximum atomic E-state index is 2.25. The number of rotatable bonds is 3. The Bertz CT molecular complexity index is 737. The summed E-state index contributed by atoms with van der Waals surface area (Å²) in [4.78, 5) is 0. The van der Waals surface area contributed by atoms with Crippen molar-refractivity contribution < 1.29 is 0 Å². The van der Waals surface area contributed by atoms with Gasteiger partial charge in [-0.1, -0.05) is 90.5 Å². The van der Waals surface area contributed by atoms with Gasteiger partial charge in [0.05, 0.1) is 0 Å². The molecule has 0 amide bonds. The summed E-state index contributed by atoms with van der Waals surface area (Å²) in [7, 11) is 0. The molecule has 0 atom stereocenters. The highest BCUT2D eigenvalue weighted by atomic mass is 14.1. The second-order valence-electron chi connectivity index (χ2n) is 5.20. The van der Waals surface area contributed by atoms with Crippen molar-refractivity contribution in [1.82, 2.24) is 0 Å². The predicted octanol–water partition coefficient (Wildman–Crippen LogP) is 5.58. The largest absolute Gasteiger partial charge is 0.0622 e. The van der Waals surface area contributed by atoms with Crippen LogP contribution in [0.25, 0.3) is 11.6 Å². The quantitative estimate of drug-likeness (QED) is 0.545. The minimum Gasteiger partial charge on any atom is -0.0622 e. The average Bonchev–Trinajstić information content (AvgIpc) is 2.54. The van der Waals surface area contributed by atoms with Crippen molar-refractivity contribution >= 4 is 11.6 Å². The Balaban J connectivity index is 2.14. The van der Waals surface area contributed by atoms with Crippen molar-refractivity contribution in [2.24, 2.45) is 0 Å². The number of hydrogen-bond acceptors (Lipinski definition) is 0. The Labute approximate surface area is 126 Å². The van der Waals surface area contributed by atoms with Gasteiger partial charge in [0.25, 0.3) is 0 Å². The minimum absolute atomic E-state index is 1.22. The van der Waals surface area contributed by atoms with E-state index in [-0.39, 0.29) is 0 Å². The zero-order valence-electron chi connectivity index (χ0n) is 12.2. The Hall–Kier alpha value is -2.60. The third-order valence-corrected chi connectivity index (χ3v) is 3.52. The van der Waals surface area contributed by atoms with E-state index in [4.69, 9.17) is 0 Å². The molecule has 0 spiro atoms. The molecule has 0 heteroatoms. The molecule has 0 heterocycles. The molecular weight excluding hydrogens is 252 g/mol. The molecule has 0 saturated carbocycles. The van der Waals surface area contributed by atoms with Crippen LogP contribution in [0.3, 0.4) is 0 Å². The van der Waals surface area contributed by atoms with Crippen LogP contribution in [-0.4, -0.2) is 0 Å². The van der Waals surface area contributed by atoms with Gasteiger partial charge in [0.2, 0.25) is 0 Å². The van der Waals surface area contributed by atoms with Gasteiger partial charge in [0, 0.05) is 0 Å². The van der Waals surface area contributed by atoms with Crippen LogP contribution in [0.5, 0.6) is 0 Å². The molecule has 0 aliphatic heterocycles. The molecule has 0 fully saturated rings. The lowest BCUT2D eigenvalue weighted by molar-refractivity contribution is 1.44. The zero-order valence-corrected chi connectivity index (χ0v) is 12.2. The van der Waals surface area contributed by atoms with Gasteiger partial charge in [0.15, 0.2) is 0 Å². The minimum atomic E-state index is 1.22. The summed E-state index contributed by atoms with van der Waals surface area (Å²) in [5, 5.41) is 0. The van der Waals surface area contributed by atoms with Gasteiger partial charge in [-0.3, -0.25) is 0 Å². The van der Waals surface area contributed by atoms with Crippen LogP contribution in [0.2, 0.25) is 0 Å². The maximum Gasteiger partial charge on any atom is -0.0105 e. The van der Waals surface area contributed by atoms with Crippen LogP contribution >= 0.6 is 0 Å². The highest BCUT2D eigenvalue weighted by molar-refractivity contribution is 5.91. The van der Waals surface area contributed by atoms with Crippen molar-refractivity contribution in [3.8, 4) is 0 Å². The standard InChI is InChI=1S/C21H18/c1-17-9-8-14-20(15-17)21(19-12-6-3-7-13-19)16-18-10-4-2-5-11-18/h2-16H,1H3/b21-16+. The first-order valence-electron chi connectivity index (χ1n) is 7.22. The lowest BCUT2D eigenvalue weighted by Crippen LogP contribution is -1.89. The molecule has 0 radical (unpaired) electrons. The highest BCUT2D eigenvalue weighted by Crippen LogP contribution is 2.26. The van der Waals surface area contributed by atoms with Gasteiger partial charge in [-0.25, -0.2) is 0 Å². The van der Waals surface area contributed by atoms with Gasteiger partial charge in [-0.2, -0.15) is 0 Å². The molecule has 3 aromatic carbocycles. The molecule has 0 aliphatic carbocycles. The second-order valence-corrected chi connectivity index (χ2v) is 5.20. The summed E-state index contributed by atoms with van der Waals surface area (Å²) < 4.78 is 0. The van der Waals surface area contributed by atoms with Gasteiger partial charge >= 0.3 is 0 Å². The van der Waals surface area contributed by atoms with Gasteiger partial charge in [0.1, 0.15) is 0 Å². The maximum absolute atomic E-state index is 2.25. The smallest absolute Gasteiger partial charge is 0.0105 e. The Kier molecular flexibility index (Phi) is 3.97. The average molecular weight is 270 g/mol. The fourth-order valence-electron chi connectivity index (χ4n) is 2.48. The lowest BCUT2D eigenvalue weighted by Gasteiger charge is -2.10. The van der Waals surface area contributed by atoms with Crippen LogP contribution in [0.1, 0.15) is 22.3 Å². The van der Waals surface area contributed by atoms with E-state index in [1.165, 1.54) is 27.8 Å². The zero-order chi connectivity index (χ0) is 14.5. The monoisotopic (exact) mass is 270 g/mol. The summed E-state index contributed by atoms with van der Waals surface area (Å²) in [5.74, 6) is 0. The molecule has 0 N–H and O–H groups in total. The Morgan fingerprint density at radius 1 is 0.667 bits per heavy atom. The molecule has 21 heavy (non-hydrogen) atoms. The van der Waals surface area contributed by atoms with Crippen molar-refractivity contribution in [1.29, 1.82) is 0 Å². The molecule has 0 unspecified atom stereocenters. The van der Waals surface area contributed by atoms with Gasteiger partial charge in [-0.05, 0) is 35.3 Å². The fraction of sp³-hybridized carbons (Fsp3) is 0.0476. The molecule has 0 nitrogen and oxygen atoms in total. The van der Waals surface area contributed by atoms with E-state index in [2.05, 4.69) is 91.9 Å². The lowest BCUT2D eigenvalue weighted by atomic mass is 9.95. The normalized spacial score (nSPS) is 11.4. The molecular formula is C21H18. The van der Waals surface area contributed by atoms with Crippen molar-refractivity contribution in [2.75, 3.05) is 0 Å². The molecule has 0 aromatic heterocycles. The summed E-state index contributed by atoms with van der Waals surface area (Å²) >= 11 is 0. The van der Waals surface area contributed by atoms with E-state index in [9.17, 15) is 0 Å². The fourth-order valence-corrected chi connectivity index (χ4v) is 2.48. The second kappa shape index (κ2) is 6.23. The number of benzene rings is 3. The number of aryl methyl sites for hydroxylation is 1. The van der Waals surface area contributed by atoms with Crippen LogP contribution in [0.4, 0.5) is 0 Å². The van der Waals surface area contributed by atoms with Crippen LogP contribution in [0, 0.1) is 6.92 Å². The SMILES string of the molecule is Cc1cccc(/C(=C/c2ccccc2)c2ccccc2)c1. The van der Waals surface area contributed by atoms with Crippen LogP contribution < -0.4 is 0 Å². The van der Waals surface area contributed by atoms with Crippen molar-refractivity contribution in [3.63, 3.8) is 0 Å². The molecule has 0 bridgehead atoms. The Morgan fingerprint density at radius 2 is 1.29 bits per heavy atom. The van der Waals surface area contributed by atoms with E-state index < -0.39 is 0 Å². The first-order chi connectivity index (χ1) is 10.3. The highest BCUT2D eigenvalue weighted by Gasteiger charge is 2.05. The molecule has 3 rings (SSSR count). The molecule has 102 valence electrons.